The number of hydrogen-bond acceptors (Lipinski definition) is 3. The Hall–Kier alpha value is -1.49. The number of hydrogen-bond donors (Lipinski definition) is 1. The van der Waals surface area contributed by atoms with Crippen LogP contribution in [0.25, 0.3) is 0 Å². The Morgan fingerprint density at radius 3 is 3.05 bits per heavy atom. The number of benzene rings is 1. The van der Waals surface area contributed by atoms with Gasteiger partial charge in [0.2, 0.25) is 11.8 Å². The summed E-state index contributed by atoms with van der Waals surface area (Å²) in [6, 6.07) is 8.09. The molecule has 2 aliphatic heterocycles. The first-order valence-electron chi connectivity index (χ1n) is 7.40. The molecule has 2 saturated heterocycles. The second-order valence-electron chi connectivity index (χ2n) is 5.64. The van der Waals surface area contributed by atoms with Gasteiger partial charge in [0.15, 0.2) is 0 Å². The van der Waals surface area contributed by atoms with Crippen molar-refractivity contribution in [1.82, 2.24) is 10.2 Å². The average molecular weight is 304 g/mol. The van der Waals surface area contributed by atoms with E-state index < -0.39 is 0 Å². The van der Waals surface area contributed by atoms with E-state index in [0.717, 1.165) is 29.8 Å². The molecule has 2 atom stereocenters. The Balaban J connectivity index is 1.74. The molecular weight excluding hydrogens is 284 g/mol. The Bertz CT molecular complexity index is 561. The number of fused-ring (bicyclic) bond motifs is 1. The molecule has 5 heteroatoms. The van der Waals surface area contributed by atoms with Crippen LogP contribution in [0, 0.1) is 5.92 Å². The van der Waals surface area contributed by atoms with Crippen LogP contribution in [0.4, 0.5) is 0 Å². The number of carbonyl (C=O) groups is 2. The summed E-state index contributed by atoms with van der Waals surface area (Å²) in [5.41, 5.74) is 1.08. The summed E-state index contributed by atoms with van der Waals surface area (Å²) in [6.07, 6.45) is 4.28. The Morgan fingerprint density at radius 2 is 2.24 bits per heavy atom. The van der Waals surface area contributed by atoms with Gasteiger partial charge in [-0.2, -0.15) is 0 Å². The molecule has 3 rings (SSSR count). The fraction of sp³-hybridized carbons (Fsp3) is 0.500. The molecule has 0 saturated carbocycles. The summed E-state index contributed by atoms with van der Waals surface area (Å²) in [5, 5.41) is 2.90. The molecule has 0 aromatic heterocycles. The minimum Gasteiger partial charge on any atom is -0.354 e. The molecule has 2 amide bonds. The fourth-order valence-corrected chi connectivity index (χ4v) is 3.99. The molecule has 0 unspecified atom stereocenters. The van der Waals surface area contributed by atoms with Crippen LogP contribution in [-0.2, 0) is 16.0 Å². The average Bonchev–Trinajstić information content (AvgIpc) is 2.89. The van der Waals surface area contributed by atoms with Crippen LogP contribution < -0.4 is 5.32 Å². The van der Waals surface area contributed by atoms with E-state index >= 15 is 0 Å². The fourth-order valence-electron chi connectivity index (χ4n) is 3.37. The van der Waals surface area contributed by atoms with Crippen molar-refractivity contribution in [3.63, 3.8) is 0 Å². The minimum atomic E-state index is -0.00139. The standard InChI is InChI=1S/C16H20N2O2S/c1-21-14-7-3-2-5-11(14)9-15(19)18-8-4-6-12-13(18)10-17-16(12)20/h2-3,5,7,12-13H,4,6,8-10H2,1H3,(H,17,20)/t12-,13-/m1/s1. The number of rotatable bonds is 3. The number of nitrogens with one attached hydrogen (secondary N) is 1. The summed E-state index contributed by atoms with van der Waals surface area (Å²) in [5.74, 6) is 0.253. The molecule has 0 radical (unpaired) electrons. The molecule has 21 heavy (non-hydrogen) atoms. The highest BCUT2D eigenvalue weighted by atomic mass is 32.2. The summed E-state index contributed by atoms with van der Waals surface area (Å²) in [7, 11) is 0. The highest BCUT2D eigenvalue weighted by molar-refractivity contribution is 7.98. The summed E-state index contributed by atoms with van der Waals surface area (Å²) in [6.45, 7) is 1.38. The van der Waals surface area contributed by atoms with Gasteiger partial charge in [-0.1, -0.05) is 18.2 Å². The first kappa shape index (κ1) is 14.4. The third-order valence-electron chi connectivity index (χ3n) is 4.46. The molecule has 2 fully saturated rings. The van der Waals surface area contributed by atoms with Gasteiger partial charge in [-0.15, -0.1) is 11.8 Å². The van der Waals surface area contributed by atoms with Gasteiger partial charge >= 0.3 is 0 Å². The van der Waals surface area contributed by atoms with Gasteiger partial charge in [-0.25, -0.2) is 0 Å². The predicted octanol–water partition coefficient (Wildman–Crippen LogP) is 1.69. The van der Waals surface area contributed by atoms with Gasteiger partial charge < -0.3 is 10.2 Å². The maximum Gasteiger partial charge on any atom is 0.227 e. The maximum atomic E-state index is 12.7. The van der Waals surface area contributed by atoms with Gasteiger partial charge in [0, 0.05) is 18.0 Å². The summed E-state index contributed by atoms with van der Waals surface area (Å²) < 4.78 is 0. The van der Waals surface area contributed by atoms with Gasteiger partial charge in [0.25, 0.3) is 0 Å². The van der Waals surface area contributed by atoms with Gasteiger partial charge in [0.1, 0.15) is 0 Å². The molecule has 2 heterocycles. The lowest BCUT2D eigenvalue weighted by molar-refractivity contribution is -0.136. The molecule has 1 aromatic rings. The number of amides is 2. The van der Waals surface area contributed by atoms with Crippen molar-refractivity contribution in [1.29, 1.82) is 0 Å². The number of thioether (sulfide) groups is 1. The predicted molar refractivity (Wildman–Crippen MR) is 83.2 cm³/mol. The van der Waals surface area contributed by atoms with E-state index in [0.29, 0.717) is 13.0 Å². The minimum absolute atomic E-state index is 0.00139. The van der Waals surface area contributed by atoms with Crippen LogP contribution in [0.15, 0.2) is 29.2 Å². The van der Waals surface area contributed by atoms with E-state index in [4.69, 9.17) is 0 Å². The van der Waals surface area contributed by atoms with Crippen molar-refractivity contribution in [3.05, 3.63) is 29.8 Å². The Morgan fingerprint density at radius 1 is 1.43 bits per heavy atom. The van der Waals surface area contributed by atoms with Crippen molar-refractivity contribution in [2.45, 2.75) is 30.2 Å². The molecule has 4 nitrogen and oxygen atoms in total. The smallest absolute Gasteiger partial charge is 0.227 e. The van der Waals surface area contributed by atoms with Crippen molar-refractivity contribution < 1.29 is 9.59 Å². The molecule has 112 valence electrons. The topological polar surface area (TPSA) is 49.4 Å². The quantitative estimate of drug-likeness (QED) is 0.865. The Kier molecular flexibility index (Phi) is 4.19. The van der Waals surface area contributed by atoms with Crippen LogP contribution in [0.1, 0.15) is 18.4 Å². The SMILES string of the molecule is CSc1ccccc1CC(=O)N1CCC[C@H]2C(=O)NC[C@H]21. The monoisotopic (exact) mass is 304 g/mol. The first-order valence-corrected chi connectivity index (χ1v) is 8.62. The van der Waals surface area contributed by atoms with Crippen LogP contribution in [0.2, 0.25) is 0 Å². The second kappa shape index (κ2) is 6.10. The highest BCUT2D eigenvalue weighted by Crippen LogP contribution is 2.28. The van der Waals surface area contributed by atoms with Crippen molar-refractivity contribution in [2.24, 2.45) is 5.92 Å². The lowest BCUT2D eigenvalue weighted by Crippen LogP contribution is -2.49. The van der Waals surface area contributed by atoms with Crippen LogP contribution in [0.5, 0.6) is 0 Å². The largest absolute Gasteiger partial charge is 0.354 e. The van der Waals surface area contributed by atoms with Gasteiger partial charge in [0.05, 0.1) is 18.4 Å². The lowest BCUT2D eigenvalue weighted by atomic mass is 9.91. The molecule has 0 aliphatic carbocycles. The molecular formula is C16H20N2O2S. The Labute approximate surface area is 129 Å². The van der Waals surface area contributed by atoms with E-state index in [-0.39, 0.29) is 23.8 Å². The van der Waals surface area contributed by atoms with Crippen molar-refractivity contribution in [2.75, 3.05) is 19.3 Å². The van der Waals surface area contributed by atoms with Gasteiger partial charge in [-0.3, -0.25) is 9.59 Å². The first-order chi connectivity index (χ1) is 10.2. The van der Waals surface area contributed by atoms with E-state index in [9.17, 15) is 9.59 Å². The van der Waals surface area contributed by atoms with Crippen molar-refractivity contribution in [3.8, 4) is 0 Å². The normalized spacial score (nSPS) is 24.6. The zero-order valence-corrected chi connectivity index (χ0v) is 13.0. The molecule has 1 aromatic carbocycles. The van der Waals surface area contributed by atoms with E-state index in [1.165, 1.54) is 0 Å². The summed E-state index contributed by atoms with van der Waals surface area (Å²) in [4.78, 5) is 27.5. The van der Waals surface area contributed by atoms with E-state index in [1.807, 2.05) is 35.4 Å². The molecule has 0 bridgehead atoms. The third-order valence-corrected chi connectivity index (χ3v) is 5.29. The molecule has 2 aliphatic rings. The second-order valence-corrected chi connectivity index (χ2v) is 6.49. The van der Waals surface area contributed by atoms with E-state index in [2.05, 4.69) is 5.32 Å². The summed E-state index contributed by atoms with van der Waals surface area (Å²) >= 11 is 1.67. The van der Waals surface area contributed by atoms with E-state index in [1.54, 1.807) is 11.8 Å². The zero-order chi connectivity index (χ0) is 14.8. The van der Waals surface area contributed by atoms with Gasteiger partial charge in [-0.05, 0) is 30.7 Å². The van der Waals surface area contributed by atoms with Crippen LogP contribution in [0.3, 0.4) is 0 Å². The number of likely N-dealkylation sites (tertiary alicyclic amines) is 1. The molecule has 0 spiro atoms. The number of piperidine rings is 1. The molecule has 1 N–H and O–H groups in total. The third kappa shape index (κ3) is 2.79. The maximum absolute atomic E-state index is 12.7. The zero-order valence-electron chi connectivity index (χ0n) is 12.2. The highest BCUT2D eigenvalue weighted by Gasteiger charge is 2.42. The van der Waals surface area contributed by atoms with Crippen LogP contribution >= 0.6 is 11.8 Å². The number of carbonyl (C=O) groups excluding carboxylic acids is 2. The lowest BCUT2D eigenvalue weighted by Gasteiger charge is -2.36. The number of nitrogens with zero attached hydrogens (tertiary/aromatic N) is 1. The van der Waals surface area contributed by atoms with Crippen LogP contribution in [-0.4, -0.2) is 42.1 Å². The van der Waals surface area contributed by atoms with Crippen molar-refractivity contribution >= 4 is 23.6 Å².